The van der Waals surface area contributed by atoms with Crippen molar-refractivity contribution in [2.75, 3.05) is 23.3 Å². The molecule has 35 heavy (non-hydrogen) atoms. The molecule has 0 saturated heterocycles. The van der Waals surface area contributed by atoms with Crippen LogP contribution in [0.4, 0.5) is 11.4 Å². The molecular formula is C26H26N2O6S. The number of ether oxygens (including phenoxy) is 2. The van der Waals surface area contributed by atoms with Gasteiger partial charge in [0.25, 0.3) is 15.9 Å². The molecule has 0 bridgehead atoms. The number of benzene rings is 3. The first-order chi connectivity index (χ1) is 16.6. The van der Waals surface area contributed by atoms with Crippen molar-refractivity contribution in [3.8, 4) is 5.75 Å². The molecule has 1 aliphatic rings. The van der Waals surface area contributed by atoms with E-state index >= 15 is 0 Å². The van der Waals surface area contributed by atoms with Crippen LogP contribution in [0.3, 0.4) is 0 Å². The number of rotatable bonds is 5. The summed E-state index contributed by atoms with van der Waals surface area (Å²) in [6.07, 6.45) is -1.12. The number of carbonyl (C=O) groups is 2. The SMILES string of the molecule is COC(=O)c1cccc(NC(=O)[C@@H]2CN(S(=O)(=O)c3ccc(C)cc3)c3ccc(C)cc3O2)c1C. The van der Waals surface area contributed by atoms with Crippen LogP contribution in [0, 0.1) is 20.8 Å². The van der Waals surface area contributed by atoms with Crippen molar-refractivity contribution in [3.63, 3.8) is 0 Å². The highest BCUT2D eigenvalue weighted by Gasteiger charge is 2.37. The van der Waals surface area contributed by atoms with E-state index in [0.29, 0.717) is 28.3 Å². The third-order valence-electron chi connectivity index (χ3n) is 5.88. The monoisotopic (exact) mass is 494 g/mol. The van der Waals surface area contributed by atoms with Crippen molar-refractivity contribution in [1.29, 1.82) is 0 Å². The minimum absolute atomic E-state index is 0.123. The smallest absolute Gasteiger partial charge is 0.338 e. The van der Waals surface area contributed by atoms with Crippen LogP contribution in [-0.2, 0) is 19.6 Å². The minimum atomic E-state index is -3.96. The van der Waals surface area contributed by atoms with Gasteiger partial charge in [0.2, 0.25) is 0 Å². The zero-order chi connectivity index (χ0) is 25.3. The molecule has 1 aliphatic heterocycles. The Balaban J connectivity index is 1.68. The molecule has 4 rings (SSSR count). The Hall–Kier alpha value is -3.85. The van der Waals surface area contributed by atoms with Crippen LogP contribution in [-0.4, -0.2) is 40.1 Å². The molecule has 1 atom stereocenters. The first-order valence-corrected chi connectivity index (χ1v) is 12.4. The van der Waals surface area contributed by atoms with E-state index in [1.807, 2.05) is 13.8 Å². The highest BCUT2D eigenvalue weighted by molar-refractivity contribution is 7.92. The topological polar surface area (TPSA) is 102 Å². The molecule has 0 aliphatic carbocycles. The Morgan fingerprint density at radius 3 is 2.37 bits per heavy atom. The first-order valence-electron chi connectivity index (χ1n) is 11.0. The van der Waals surface area contributed by atoms with E-state index in [-0.39, 0.29) is 11.4 Å². The third kappa shape index (κ3) is 4.72. The number of nitrogens with zero attached hydrogens (tertiary/aromatic N) is 1. The van der Waals surface area contributed by atoms with Gasteiger partial charge in [0, 0.05) is 5.69 Å². The van der Waals surface area contributed by atoms with Crippen LogP contribution in [0.25, 0.3) is 0 Å². The number of hydrogen-bond acceptors (Lipinski definition) is 6. The van der Waals surface area contributed by atoms with Crippen molar-refractivity contribution in [2.45, 2.75) is 31.8 Å². The molecule has 9 heteroatoms. The maximum absolute atomic E-state index is 13.6. The maximum Gasteiger partial charge on any atom is 0.338 e. The lowest BCUT2D eigenvalue weighted by Crippen LogP contribution is -2.48. The highest BCUT2D eigenvalue weighted by atomic mass is 32.2. The summed E-state index contributed by atoms with van der Waals surface area (Å²) in [6.45, 7) is 5.21. The summed E-state index contributed by atoms with van der Waals surface area (Å²) in [6, 6.07) is 16.6. The molecule has 0 fully saturated rings. The Kier molecular flexibility index (Phi) is 6.53. The van der Waals surface area contributed by atoms with Gasteiger partial charge in [-0.2, -0.15) is 0 Å². The van der Waals surface area contributed by atoms with E-state index in [1.54, 1.807) is 67.6 Å². The van der Waals surface area contributed by atoms with Gasteiger partial charge in [0.15, 0.2) is 6.10 Å². The summed E-state index contributed by atoms with van der Waals surface area (Å²) in [5.74, 6) is -0.759. The van der Waals surface area contributed by atoms with Gasteiger partial charge in [-0.15, -0.1) is 0 Å². The summed E-state index contributed by atoms with van der Waals surface area (Å²) in [4.78, 5) is 25.4. The van der Waals surface area contributed by atoms with Gasteiger partial charge in [0.1, 0.15) is 5.75 Å². The van der Waals surface area contributed by atoms with Crippen LogP contribution in [0.5, 0.6) is 5.75 Å². The minimum Gasteiger partial charge on any atom is -0.476 e. The zero-order valence-corrected chi connectivity index (χ0v) is 20.7. The number of carbonyl (C=O) groups excluding carboxylic acids is 2. The molecule has 0 aromatic heterocycles. The van der Waals surface area contributed by atoms with E-state index in [2.05, 4.69) is 5.32 Å². The number of hydrogen-bond donors (Lipinski definition) is 1. The number of nitrogens with one attached hydrogen (secondary N) is 1. The van der Waals surface area contributed by atoms with Gasteiger partial charge in [-0.25, -0.2) is 13.2 Å². The second-order valence-electron chi connectivity index (χ2n) is 8.39. The van der Waals surface area contributed by atoms with Crippen LogP contribution >= 0.6 is 0 Å². The van der Waals surface area contributed by atoms with Crippen molar-refractivity contribution >= 4 is 33.3 Å². The van der Waals surface area contributed by atoms with Gasteiger partial charge in [-0.3, -0.25) is 9.10 Å². The lowest BCUT2D eigenvalue weighted by atomic mass is 10.1. The Morgan fingerprint density at radius 2 is 1.69 bits per heavy atom. The average molecular weight is 495 g/mol. The maximum atomic E-state index is 13.6. The quantitative estimate of drug-likeness (QED) is 0.538. The fraction of sp³-hybridized carbons (Fsp3) is 0.231. The van der Waals surface area contributed by atoms with Crippen LogP contribution in [0.2, 0.25) is 0 Å². The molecule has 0 radical (unpaired) electrons. The van der Waals surface area contributed by atoms with Gasteiger partial charge in [0.05, 0.1) is 29.8 Å². The second kappa shape index (κ2) is 9.42. The number of fused-ring (bicyclic) bond motifs is 1. The summed E-state index contributed by atoms with van der Waals surface area (Å²) >= 11 is 0. The average Bonchev–Trinajstić information content (AvgIpc) is 2.84. The van der Waals surface area contributed by atoms with Gasteiger partial charge >= 0.3 is 5.97 Å². The molecule has 182 valence electrons. The molecule has 8 nitrogen and oxygen atoms in total. The number of amides is 1. The van der Waals surface area contributed by atoms with Gasteiger partial charge in [-0.1, -0.05) is 29.8 Å². The van der Waals surface area contributed by atoms with E-state index in [0.717, 1.165) is 11.1 Å². The fourth-order valence-electron chi connectivity index (χ4n) is 3.88. The standard InChI is InChI=1S/C26H26N2O6S/c1-16-8-11-19(12-9-16)35(31,32)28-15-24(34-23-14-17(2)10-13-22(23)28)25(29)27-21-7-5-6-20(18(21)3)26(30)33-4/h5-14,24H,15H2,1-4H3,(H,27,29)/t24-/m0/s1. The first kappa shape index (κ1) is 24.3. The number of sulfonamides is 1. The van der Waals surface area contributed by atoms with Crippen molar-refractivity contribution in [1.82, 2.24) is 0 Å². The third-order valence-corrected chi connectivity index (χ3v) is 7.68. The zero-order valence-electron chi connectivity index (χ0n) is 19.9. The molecule has 3 aromatic rings. The normalized spacial score (nSPS) is 15.1. The molecule has 1 N–H and O–H groups in total. The Labute approximate surface area is 204 Å². The molecule has 0 saturated carbocycles. The van der Waals surface area contributed by atoms with E-state index in [1.165, 1.54) is 11.4 Å². The predicted octanol–water partition coefficient (Wildman–Crippen LogP) is 3.99. The lowest BCUT2D eigenvalue weighted by molar-refractivity contribution is -0.122. The number of methoxy groups -OCH3 is 1. The van der Waals surface area contributed by atoms with Gasteiger partial charge in [-0.05, 0) is 68.3 Å². The molecule has 1 heterocycles. The van der Waals surface area contributed by atoms with Crippen LogP contribution < -0.4 is 14.4 Å². The largest absolute Gasteiger partial charge is 0.476 e. The Bertz CT molecular complexity index is 1400. The molecule has 1 amide bonds. The van der Waals surface area contributed by atoms with Crippen LogP contribution in [0.1, 0.15) is 27.0 Å². The highest BCUT2D eigenvalue weighted by Crippen LogP contribution is 2.38. The summed E-state index contributed by atoms with van der Waals surface area (Å²) in [5.41, 5.74) is 3.42. The van der Waals surface area contributed by atoms with Crippen molar-refractivity contribution < 1.29 is 27.5 Å². The van der Waals surface area contributed by atoms with E-state index in [9.17, 15) is 18.0 Å². The molecule has 0 spiro atoms. The van der Waals surface area contributed by atoms with Crippen LogP contribution in [0.15, 0.2) is 65.6 Å². The molecular weight excluding hydrogens is 468 g/mol. The summed E-state index contributed by atoms with van der Waals surface area (Å²) in [5, 5.41) is 2.77. The predicted molar refractivity (Wildman–Crippen MR) is 132 cm³/mol. The fourth-order valence-corrected chi connectivity index (χ4v) is 5.35. The van der Waals surface area contributed by atoms with E-state index in [4.69, 9.17) is 9.47 Å². The number of aryl methyl sites for hydroxylation is 2. The summed E-state index contributed by atoms with van der Waals surface area (Å²) in [7, 11) is -2.68. The van der Waals surface area contributed by atoms with Crippen molar-refractivity contribution in [2.24, 2.45) is 0 Å². The number of anilines is 2. The van der Waals surface area contributed by atoms with Crippen molar-refractivity contribution in [3.05, 3.63) is 82.9 Å². The lowest BCUT2D eigenvalue weighted by Gasteiger charge is -2.35. The molecule has 0 unspecified atom stereocenters. The number of esters is 1. The molecule has 3 aromatic carbocycles. The summed E-state index contributed by atoms with van der Waals surface area (Å²) < 4.78 is 39.1. The van der Waals surface area contributed by atoms with E-state index < -0.39 is 28.0 Å². The second-order valence-corrected chi connectivity index (χ2v) is 10.2. The Morgan fingerprint density at radius 1 is 1.00 bits per heavy atom. The van der Waals surface area contributed by atoms with Gasteiger partial charge < -0.3 is 14.8 Å².